The second-order valence-electron chi connectivity index (χ2n) is 24.0. The Kier molecular flexibility index (Phi) is 12.7. The monoisotopic (exact) mass is 1170 g/mol. The molecule has 4 heterocycles. The van der Waals surface area contributed by atoms with E-state index in [2.05, 4.69) is 293 Å². The van der Waals surface area contributed by atoms with Gasteiger partial charge in [-0.15, -0.1) is 0 Å². The minimum atomic E-state index is -0.0163. The first-order valence-corrected chi connectivity index (χ1v) is 31.1. The highest BCUT2D eigenvalue weighted by molar-refractivity contribution is 6.13. The fourth-order valence-electron chi connectivity index (χ4n) is 14.1. The van der Waals surface area contributed by atoms with Gasteiger partial charge in [0.25, 0.3) is 0 Å². The molecule has 0 radical (unpaired) electrons. The SMILES string of the molecule is CC1(C)c2ccccc2-c2cc(N(c3ccccc3)c3ccc4c5ccccc5n(-c5ccccc5)c4c3)ccc21.c1ccc(-c2nc(-c3ccccc3)nc(-n3c4ccccc4c4cc(-c5ccc6c(c5)c5ccccc5n6-c5ccccc5)ccc43)n2)cc1. The Morgan fingerprint density at radius 1 is 0.264 bits per heavy atom. The minimum Gasteiger partial charge on any atom is -0.310 e. The van der Waals surface area contributed by atoms with E-state index >= 15 is 0 Å². The van der Waals surface area contributed by atoms with E-state index in [1.54, 1.807) is 0 Å². The Hall–Kier alpha value is -11.9. The van der Waals surface area contributed by atoms with Crippen LogP contribution in [0.1, 0.15) is 25.0 Å². The van der Waals surface area contributed by atoms with Crippen LogP contribution in [-0.2, 0) is 5.41 Å². The molecule has 0 aliphatic heterocycles. The highest BCUT2D eigenvalue weighted by Crippen LogP contribution is 2.51. The van der Waals surface area contributed by atoms with Crippen molar-refractivity contribution in [1.29, 1.82) is 0 Å². The molecule has 0 unspecified atom stereocenters. The van der Waals surface area contributed by atoms with Gasteiger partial charge in [0.15, 0.2) is 11.6 Å². The lowest BCUT2D eigenvalue weighted by molar-refractivity contribution is 0.660. The summed E-state index contributed by atoms with van der Waals surface area (Å²) in [5.74, 6) is 1.87. The standard InChI is InChI=1S/C45H29N5.C39H30N2/c1-4-14-30(15-5-1)43-46-44(31-16-6-2-7-17-31)48-45(47-43)50-40-23-13-11-21-36(40)38-29-33(25-27-42(38)50)32-24-26-41-37(28-32)35-20-10-12-22-39(35)49(41)34-18-8-3-9-19-34;1-39(2)35-19-11-9-17-31(35)34-25-29(22-24-36(34)39)40(27-13-5-3-6-14-27)30-21-23-33-32-18-10-12-20-37(32)41(38(33)26-30)28-15-7-4-8-16-28/h1-29H;3-26H,1-2H3. The lowest BCUT2D eigenvalue weighted by atomic mass is 9.82. The van der Waals surface area contributed by atoms with Gasteiger partial charge in [0.05, 0.1) is 33.1 Å². The molecule has 13 aromatic carbocycles. The third kappa shape index (κ3) is 9.00. The predicted molar refractivity (Wildman–Crippen MR) is 378 cm³/mol. The Labute approximate surface area is 527 Å². The van der Waals surface area contributed by atoms with Crippen LogP contribution in [0, 0.1) is 0 Å². The van der Waals surface area contributed by atoms with Gasteiger partial charge < -0.3 is 14.0 Å². The summed E-state index contributed by atoms with van der Waals surface area (Å²) in [6.45, 7) is 4.67. The second kappa shape index (κ2) is 21.7. The smallest absolute Gasteiger partial charge is 0.238 e. The molecule has 0 bridgehead atoms. The Morgan fingerprint density at radius 3 is 1.24 bits per heavy atom. The fraction of sp³-hybridized carbons (Fsp3) is 0.0357. The summed E-state index contributed by atoms with van der Waals surface area (Å²) in [6.07, 6.45) is 0. The van der Waals surface area contributed by atoms with Crippen molar-refractivity contribution in [3.05, 3.63) is 333 Å². The highest BCUT2D eigenvalue weighted by Gasteiger charge is 2.36. The molecule has 1 aliphatic carbocycles. The third-order valence-electron chi connectivity index (χ3n) is 18.4. The van der Waals surface area contributed by atoms with Crippen LogP contribution in [0.25, 0.3) is 128 Å². The summed E-state index contributed by atoms with van der Waals surface area (Å²) in [4.78, 5) is 17.5. The number of benzene rings is 13. The number of nitrogens with zero attached hydrogens (tertiary/aromatic N) is 7. The molecule has 0 saturated heterocycles. The van der Waals surface area contributed by atoms with Gasteiger partial charge in [-0.3, -0.25) is 4.57 Å². The molecular formula is C84H59N7. The van der Waals surface area contributed by atoms with Crippen molar-refractivity contribution in [1.82, 2.24) is 28.7 Å². The van der Waals surface area contributed by atoms with Crippen molar-refractivity contribution in [3.63, 3.8) is 0 Å². The maximum absolute atomic E-state index is 5.08. The van der Waals surface area contributed by atoms with E-state index < -0.39 is 0 Å². The zero-order valence-corrected chi connectivity index (χ0v) is 50.2. The molecule has 1 aliphatic rings. The van der Waals surface area contributed by atoms with Crippen molar-refractivity contribution in [2.75, 3.05) is 4.90 Å². The molecule has 0 N–H and O–H groups in total. The number of hydrogen-bond acceptors (Lipinski definition) is 4. The molecule has 7 nitrogen and oxygen atoms in total. The van der Waals surface area contributed by atoms with Gasteiger partial charge in [-0.1, -0.05) is 232 Å². The van der Waals surface area contributed by atoms with Crippen LogP contribution >= 0.6 is 0 Å². The molecule has 7 heteroatoms. The average molecular weight is 1170 g/mol. The van der Waals surface area contributed by atoms with Crippen molar-refractivity contribution in [3.8, 4) is 62.4 Å². The first-order chi connectivity index (χ1) is 44.9. The first-order valence-electron chi connectivity index (χ1n) is 31.1. The zero-order valence-electron chi connectivity index (χ0n) is 50.2. The molecule has 4 aromatic heterocycles. The van der Waals surface area contributed by atoms with Crippen LogP contribution in [0.4, 0.5) is 17.1 Å². The van der Waals surface area contributed by atoms with Gasteiger partial charge in [-0.2, -0.15) is 9.97 Å². The van der Waals surface area contributed by atoms with E-state index in [0.717, 1.165) is 61.2 Å². The average Bonchev–Trinajstić information content (AvgIpc) is 1.67. The molecule has 0 fully saturated rings. The van der Waals surface area contributed by atoms with Crippen molar-refractivity contribution in [2.24, 2.45) is 0 Å². The maximum atomic E-state index is 5.08. The molecule has 430 valence electrons. The fourth-order valence-corrected chi connectivity index (χ4v) is 14.1. The molecule has 17 aromatic rings. The van der Waals surface area contributed by atoms with Crippen molar-refractivity contribution < 1.29 is 0 Å². The summed E-state index contributed by atoms with van der Waals surface area (Å²) in [6, 6.07) is 114. The van der Waals surface area contributed by atoms with E-state index in [4.69, 9.17) is 15.0 Å². The molecule has 0 atom stereocenters. The zero-order chi connectivity index (χ0) is 60.6. The summed E-state index contributed by atoms with van der Waals surface area (Å²) < 4.78 is 6.91. The molecule has 0 amide bonds. The van der Waals surface area contributed by atoms with Crippen LogP contribution in [0.2, 0.25) is 0 Å². The highest BCUT2D eigenvalue weighted by atomic mass is 15.2. The van der Waals surface area contributed by atoms with Crippen molar-refractivity contribution in [2.45, 2.75) is 19.3 Å². The molecule has 18 rings (SSSR count). The number of hydrogen-bond donors (Lipinski definition) is 0. The molecule has 0 saturated carbocycles. The van der Waals surface area contributed by atoms with Gasteiger partial charge in [-0.05, 0) is 137 Å². The third-order valence-corrected chi connectivity index (χ3v) is 18.4. The Morgan fingerprint density at radius 2 is 0.670 bits per heavy atom. The first kappa shape index (κ1) is 53.3. The quantitative estimate of drug-likeness (QED) is 0.145. The lowest BCUT2D eigenvalue weighted by Gasteiger charge is -2.27. The number of para-hydroxylation sites is 6. The Bertz CT molecular complexity index is 5550. The largest absolute Gasteiger partial charge is 0.310 e. The van der Waals surface area contributed by atoms with Crippen LogP contribution in [0.5, 0.6) is 0 Å². The maximum Gasteiger partial charge on any atom is 0.238 e. The molecule has 0 spiro atoms. The van der Waals surface area contributed by atoms with Crippen LogP contribution in [-0.4, -0.2) is 28.7 Å². The van der Waals surface area contributed by atoms with Crippen LogP contribution in [0.15, 0.2) is 322 Å². The van der Waals surface area contributed by atoms with Gasteiger partial charge in [0, 0.05) is 77.3 Å². The topological polar surface area (TPSA) is 56.7 Å². The van der Waals surface area contributed by atoms with E-state index in [-0.39, 0.29) is 5.41 Å². The van der Waals surface area contributed by atoms with Gasteiger partial charge in [0.2, 0.25) is 5.95 Å². The molecular weight excluding hydrogens is 1110 g/mol. The van der Waals surface area contributed by atoms with Crippen LogP contribution < -0.4 is 4.90 Å². The molecule has 91 heavy (non-hydrogen) atoms. The normalized spacial score (nSPS) is 12.4. The second-order valence-corrected chi connectivity index (χ2v) is 24.0. The van der Waals surface area contributed by atoms with Gasteiger partial charge >= 0.3 is 0 Å². The summed E-state index contributed by atoms with van der Waals surface area (Å²) in [7, 11) is 0. The summed E-state index contributed by atoms with van der Waals surface area (Å²) in [5, 5.41) is 7.29. The minimum absolute atomic E-state index is 0.0163. The number of anilines is 3. The van der Waals surface area contributed by atoms with Gasteiger partial charge in [0.1, 0.15) is 0 Å². The summed E-state index contributed by atoms with van der Waals surface area (Å²) in [5.41, 5.74) is 22.3. The van der Waals surface area contributed by atoms with E-state index in [9.17, 15) is 0 Å². The Balaban J connectivity index is 0.000000143. The predicted octanol–water partition coefficient (Wildman–Crippen LogP) is 21.6. The lowest BCUT2D eigenvalue weighted by Crippen LogP contribution is -2.15. The number of aromatic nitrogens is 6. The number of rotatable bonds is 9. The van der Waals surface area contributed by atoms with E-state index in [1.807, 2.05) is 60.7 Å². The van der Waals surface area contributed by atoms with Gasteiger partial charge in [-0.25, -0.2) is 4.98 Å². The van der Waals surface area contributed by atoms with E-state index in [1.165, 1.54) is 77.1 Å². The van der Waals surface area contributed by atoms with E-state index in [0.29, 0.717) is 17.6 Å². The van der Waals surface area contributed by atoms with Crippen molar-refractivity contribution >= 4 is 82.5 Å². The number of fused-ring (bicyclic) bond motifs is 12. The van der Waals surface area contributed by atoms with Crippen LogP contribution in [0.3, 0.4) is 0 Å². The summed E-state index contributed by atoms with van der Waals surface area (Å²) >= 11 is 0.